The van der Waals surface area contributed by atoms with Gasteiger partial charge in [0.2, 0.25) is 0 Å². The summed E-state index contributed by atoms with van der Waals surface area (Å²) in [5, 5.41) is 6.08. The summed E-state index contributed by atoms with van der Waals surface area (Å²) in [7, 11) is 1.65. The molecule has 5 nitrogen and oxygen atoms in total. The first-order valence-corrected chi connectivity index (χ1v) is 9.10. The van der Waals surface area contributed by atoms with Crippen molar-refractivity contribution < 1.29 is 4.79 Å². The highest BCUT2D eigenvalue weighted by Gasteiger charge is 2.53. The molecule has 0 atom stereocenters. The second kappa shape index (κ2) is 9.06. The molecule has 2 rings (SSSR count). The van der Waals surface area contributed by atoms with E-state index in [0.717, 1.165) is 31.0 Å². The molecule has 2 N–H and O–H groups in total. The zero-order chi connectivity index (χ0) is 18.7. The van der Waals surface area contributed by atoms with Crippen LogP contribution in [0.4, 0.5) is 0 Å². The van der Waals surface area contributed by atoms with Crippen LogP contribution in [0.5, 0.6) is 0 Å². The number of nitrogens with zero attached hydrogens (tertiary/aromatic N) is 2. The van der Waals surface area contributed by atoms with Crippen LogP contribution in [-0.2, 0) is 6.42 Å². The maximum absolute atomic E-state index is 11.7. The molecule has 1 saturated heterocycles. The highest BCUT2D eigenvalue weighted by molar-refractivity contribution is 14.0. The lowest BCUT2D eigenvalue weighted by atomic mass is 9.65. The lowest BCUT2D eigenvalue weighted by Crippen LogP contribution is -2.72. The smallest absolute Gasteiger partial charge is 0.251 e. The largest absolute Gasteiger partial charge is 0.356 e. The van der Waals surface area contributed by atoms with Gasteiger partial charge in [-0.25, -0.2) is 0 Å². The molecular weight excluding hydrogens is 439 g/mol. The summed E-state index contributed by atoms with van der Waals surface area (Å²) in [6.45, 7) is 13.8. The van der Waals surface area contributed by atoms with Gasteiger partial charge in [-0.2, -0.15) is 0 Å². The fraction of sp³-hybridized carbons (Fsp3) is 0.600. The van der Waals surface area contributed by atoms with Crippen LogP contribution < -0.4 is 10.6 Å². The van der Waals surface area contributed by atoms with Gasteiger partial charge in [-0.3, -0.25) is 9.79 Å². The van der Waals surface area contributed by atoms with Crippen molar-refractivity contribution in [2.24, 2.45) is 10.4 Å². The number of halogens is 1. The molecule has 146 valence electrons. The van der Waals surface area contributed by atoms with Crippen LogP contribution in [0.15, 0.2) is 29.3 Å². The van der Waals surface area contributed by atoms with Crippen molar-refractivity contribution in [3.8, 4) is 0 Å². The third kappa shape index (κ3) is 4.69. The molecule has 1 amide bonds. The van der Waals surface area contributed by atoms with Gasteiger partial charge in [-0.1, -0.05) is 26.0 Å². The first-order valence-electron chi connectivity index (χ1n) is 9.10. The maximum Gasteiger partial charge on any atom is 0.251 e. The summed E-state index contributed by atoms with van der Waals surface area (Å²) in [5.74, 6) is 0.928. The van der Waals surface area contributed by atoms with Gasteiger partial charge in [0.15, 0.2) is 5.96 Å². The third-order valence-electron chi connectivity index (χ3n) is 5.55. The minimum absolute atomic E-state index is 0. The molecule has 1 aliphatic heterocycles. The maximum atomic E-state index is 11.7. The van der Waals surface area contributed by atoms with Crippen molar-refractivity contribution in [1.29, 1.82) is 0 Å². The summed E-state index contributed by atoms with van der Waals surface area (Å²) in [5.41, 5.74) is 2.20. The van der Waals surface area contributed by atoms with Crippen molar-refractivity contribution in [3.63, 3.8) is 0 Å². The third-order valence-corrected chi connectivity index (χ3v) is 5.55. The van der Waals surface area contributed by atoms with Crippen molar-refractivity contribution in [3.05, 3.63) is 35.4 Å². The van der Waals surface area contributed by atoms with E-state index in [1.807, 2.05) is 24.3 Å². The average molecular weight is 472 g/mol. The number of rotatable bonds is 5. The van der Waals surface area contributed by atoms with Crippen LogP contribution in [-0.4, -0.2) is 49.0 Å². The van der Waals surface area contributed by atoms with E-state index < -0.39 is 0 Å². The standard InChI is InChI=1S/C20H32N4O.HI/c1-7-22-18(24-14-19(2,3)20(24,4)5)23-12-11-15-9-8-10-16(13-15)17(25)21-6;/h8-10,13H,7,11-12,14H2,1-6H3,(H,21,25)(H,22,23);1H. The fourth-order valence-electron chi connectivity index (χ4n) is 3.10. The van der Waals surface area contributed by atoms with E-state index in [-0.39, 0.29) is 40.8 Å². The van der Waals surface area contributed by atoms with Gasteiger partial charge in [0.25, 0.3) is 5.91 Å². The number of carbonyl (C=O) groups is 1. The molecule has 1 heterocycles. The van der Waals surface area contributed by atoms with E-state index in [2.05, 4.69) is 50.2 Å². The Kier molecular flexibility index (Phi) is 7.92. The molecule has 26 heavy (non-hydrogen) atoms. The number of hydrogen-bond donors (Lipinski definition) is 2. The van der Waals surface area contributed by atoms with Gasteiger partial charge in [-0.15, -0.1) is 24.0 Å². The number of guanidine groups is 1. The quantitative estimate of drug-likeness (QED) is 0.393. The Morgan fingerprint density at radius 2 is 1.96 bits per heavy atom. The molecule has 0 unspecified atom stereocenters. The predicted octanol–water partition coefficient (Wildman–Crippen LogP) is 3.29. The minimum atomic E-state index is -0.0525. The second-order valence-corrected chi connectivity index (χ2v) is 7.79. The Bertz CT molecular complexity index is 655. The van der Waals surface area contributed by atoms with Gasteiger partial charge < -0.3 is 15.5 Å². The molecule has 1 aliphatic rings. The summed E-state index contributed by atoms with van der Waals surface area (Å²) in [4.78, 5) is 18.9. The number of likely N-dealkylation sites (tertiary alicyclic amines) is 1. The lowest BCUT2D eigenvalue weighted by molar-refractivity contribution is -0.0667. The molecule has 0 aliphatic carbocycles. The molecule has 6 heteroatoms. The Hall–Kier alpha value is -1.31. The van der Waals surface area contributed by atoms with E-state index in [4.69, 9.17) is 4.99 Å². The zero-order valence-corrected chi connectivity index (χ0v) is 19.2. The van der Waals surface area contributed by atoms with Gasteiger partial charge in [0.1, 0.15) is 0 Å². The van der Waals surface area contributed by atoms with Crippen LogP contribution >= 0.6 is 24.0 Å². The lowest BCUT2D eigenvalue weighted by Gasteiger charge is -2.62. The predicted molar refractivity (Wildman–Crippen MR) is 119 cm³/mol. The van der Waals surface area contributed by atoms with Crippen molar-refractivity contribution in [2.75, 3.05) is 26.7 Å². The van der Waals surface area contributed by atoms with Crippen LogP contribution in [0.25, 0.3) is 0 Å². The van der Waals surface area contributed by atoms with Crippen LogP contribution in [0, 0.1) is 5.41 Å². The van der Waals surface area contributed by atoms with Gasteiger partial charge in [-0.05, 0) is 44.9 Å². The highest BCUT2D eigenvalue weighted by atomic mass is 127. The monoisotopic (exact) mass is 472 g/mol. The fourth-order valence-corrected chi connectivity index (χ4v) is 3.10. The summed E-state index contributed by atoms with van der Waals surface area (Å²) in [6.07, 6.45) is 0.817. The van der Waals surface area contributed by atoms with E-state index in [1.165, 1.54) is 0 Å². The van der Waals surface area contributed by atoms with E-state index in [9.17, 15) is 4.79 Å². The van der Waals surface area contributed by atoms with Crippen LogP contribution in [0.1, 0.15) is 50.5 Å². The van der Waals surface area contributed by atoms with Crippen molar-refractivity contribution >= 4 is 35.8 Å². The summed E-state index contributed by atoms with van der Waals surface area (Å²) >= 11 is 0. The van der Waals surface area contributed by atoms with Gasteiger partial charge in [0, 0.05) is 43.2 Å². The van der Waals surface area contributed by atoms with E-state index in [0.29, 0.717) is 12.1 Å². The summed E-state index contributed by atoms with van der Waals surface area (Å²) < 4.78 is 0. The van der Waals surface area contributed by atoms with E-state index >= 15 is 0 Å². The zero-order valence-electron chi connectivity index (χ0n) is 16.8. The van der Waals surface area contributed by atoms with E-state index in [1.54, 1.807) is 7.05 Å². The molecule has 1 fully saturated rings. The summed E-state index contributed by atoms with van der Waals surface area (Å²) in [6, 6.07) is 7.75. The first-order chi connectivity index (χ1) is 11.7. The number of carbonyl (C=O) groups excluding carboxylic acids is 1. The number of aliphatic imine (C=N–C) groups is 1. The van der Waals surface area contributed by atoms with Crippen molar-refractivity contribution in [1.82, 2.24) is 15.5 Å². The SMILES string of the molecule is CCNC(=NCCc1cccc(C(=O)NC)c1)N1CC(C)(C)C1(C)C.I. The minimum Gasteiger partial charge on any atom is -0.356 e. The molecule has 1 aromatic carbocycles. The molecule has 0 bridgehead atoms. The van der Waals surface area contributed by atoms with Gasteiger partial charge in [0.05, 0.1) is 0 Å². The normalized spacial score (nSPS) is 17.8. The molecule has 0 saturated carbocycles. The Morgan fingerprint density at radius 3 is 2.50 bits per heavy atom. The Balaban J connectivity index is 0.00000338. The Labute approximate surface area is 175 Å². The molecule has 0 spiro atoms. The number of benzene rings is 1. The van der Waals surface area contributed by atoms with Crippen molar-refractivity contribution in [2.45, 2.75) is 46.6 Å². The molecule has 1 aromatic rings. The molecular formula is C20H33IN4O. The first kappa shape index (κ1) is 22.7. The van der Waals surface area contributed by atoms with Gasteiger partial charge >= 0.3 is 0 Å². The molecule has 0 aromatic heterocycles. The number of hydrogen-bond acceptors (Lipinski definition) is 2. The topological polar surface area (TPSA) is 56.7 Å². The number of amides is 1. The van der Waals surface area contributed by atoms with Crippen LogP contribution in [0.3, 0.4) is 0 Å². The number of nitrogens with one attached hydrogen (secondary N) is 2. The Morgan fingerprint density at radius 1 is 1.27 bits per heavy atom. The molecule has 0 radical (unpaired) electrons. The van der Waals surface area contributed by atoms with Crippen LogP contribution in [0.2, 0.25) is 0 Å². The average Bonchev–Trinajstić information content (AvgIpc) is 2.58. The second-order valence-electron chi connectivity index (χ2n) is 7.79. The highest BCUT2D eigenvalue weighted by Crippen LogP contribution is 2.46.